The molecule has 0 fully saturated rings. The number of hydrogen-bond acceptors (Lipinski definition) is 3. The van der Waals surface area contributed by atoms with Crippen molar-refractivity contribution in [2.75, 3.05) is 5.32 Å². The van der Waals surface area contributed by atoms with Crippen molar-refractivity contribution < 1.29 is 14.3 Å². The zero-order valence-electron chi connectivity index (χ0n) is 13.0. The largest absolute Gasteiger partial charge is 0.449 e. The molecule has 2 rings (SSSR count). The monoisotopic (exact) mass is 331 g/mol. The highest BCUT2D eigenvalue weighted by Crippen LogP contribution is 2.17. The van der Waals surface area contributed by atoms with Crippen molar-refractivity contribution in [1.82, 2.24) is 0 Å². The van der Waals surface area contributed by atoms with Crippen molar-refractivity contribution in [2.45, 2.75) is 26.4 Å². The van der Waals surface area contributed by atoms with Crippen molar-refractivity contribution >= 4 is 29.2 Å². The molecule has 4 nitrogen and oxygen atoms in total. The first kappa shape index (κ1) is 17.0. The molecule has 2 aromatic rings. The molecular weight excluding hydrogens is 314 g/mol. The van der Waals surface area contributed by atoms with E-state index in [1.165, 1.54) is 12.5 Å². The number of rotatable bonds is 5. The van der Waals surface area contributed by atoms with E-state index in [0.29, 0.717) is 10.7 Å². The van der Waals surface area contributed by atoms with Crippen LogP contribution in [0.25, 0.3) is 0 Å². The maximum atomic E-state index is 12.1. The molecule has 0 spiro atoms. The van der Waals surface area contributed by atoms with E-state index in [4.69, 9.17) is 16.3 Å². The van der Waals surface area contributed by atoms with Crippen LogP contribution in [0.5, 0.6) is 0 Å². The highest BCUT2D eigenvalue weighted by molar-refractivity contribution is 6.33. The fraction of sp³-hybridized carbons (Fsp3) is 0.222. The summed E-state index contributed by atoms with van der Waals surface area (Å²) in [5.41, 5.74) is 2.08. The summed E-state index contributed by atoms with van der Waals surface area (Å²) in [5.74, 6) is -1.02. The Morgan fingerprint density at radius 1 is 1.13 bits per heavy atom. The van der Waals surface area contributed by atoms with Gasteiger partial charge in [-0.15, -0.1) is 0 Å². The summed E-state index contributed by atoms with van der Waals surface area (Å²) in [4.78, 5) is 24.1. The van der Waals surface area contributed by atoms with Crippen molar-refractivity contribution in [2.24, 2.45) is 0 Å². The van der Waals surface area contributed by atoms with E-state index in [1.54, 1.807) is 24.3 Å². The smallest absolute Gasteiger partial charge is 0.340 e. The standard InChI is InChI=1S/C18H18ClNO3/c1-3-13-8-10-14(11-9-13)20-17(21)12(2)23-18(22)15-6-4-5-7-16(15)19/h4-12H,3H2,1-2H3,(H,20,21). The molecule has 23 heavy (non-hydrogen) atoms. The Morgan fingerprint density at radius 3 is 2.39 bits per heavy atom. The zero-order valence-corrected chi connectivity index (χ0v) is 13.8. The molecule has 1 amide bonds. The van der Waals surface area contributed by atoms with Crippen LogP contribution < -0.4 is 5.32 Å². The third-order valence-corrected chi connectivity index (χ3v) is 3.71. The number of ether oxygens (including phenoxy) is 1. The minimum absolute atomic E-state index is 0.237. The molecule has 0 saturated heterocycles. The number of benzene rings is 2. The SMILES string of the molecule is CCc1ccc(NC(=O)C(C)OC(=O)c2ccccc2Cl)cc1. The molecule has 2 aromatic carbocycles. The van der Waals surface area contributed by atoms with Crippen molar-refractivity contribution in [3.8, 4) is 0 Å². The van der Waals surface area contributed by atoms with Gasteiger partial charge in [0.1, 0.15) is 0 Å². The Labute approximate surface area is 140 Å². The molecular formula is C18H18ClNO3. The van der Waals surface area contributed by atoms with Gasteiger partial charge in [0.2, 0.25) is 0 Å². The van der Waals surface area contributed by atoms with Gasteiger partial charge in [0.05, 0.1) is 10.6 Å². The highest BCUT2D eigenvalue weighted by Gasteiger charge is 2.20. The normalized spacial score (nSPS) is 11.6. The lowest BCUT2D eigenvalue weighted by molar-refractivity contribution is -0.123. The Hall–Kier alpha value is -2.33. The second kappa shape index (κ2) is 7.79. The Bertz CT molecular complexity index is 698. The molecule has 5 heteroatoms. The summed E-state index contributed by atoms with van der Waals surface area (Å²) in [5, 5.41) is 3.01. The van der Waals surface area contributed by atoms with Crippen LogP contribution in [0.3, 0.4) is 0 Å². The van der Waals surface area contributed by atoms with Crippen LogP contribution >= 0.6 is 11.6 Å². The van der Waals surface area contributed by atoms with E-state index in [9.17, 15) is 9.59 Å². The molecule has 0 aromatic heterocycles. The third kappa shape index (κ3) is 4.57. The molecule has 0 aliphatic heterocycles. The van der Waals surface area contributed by atoms with Crippen LogP contribution in [-0.4, -0.2) is 18.0 Å². The Balaban J connectivity index is 1.96. The first-order chi connectivity index (χ1) is 11.0. The van der Waals surface area contributed by atoms with Gasteiger partial charge in [0.15, 0.2) is 6.10 Å². The fourth-order valence-electron chi connectivity index (χ4n) is 1.97. The average Bonchev–Trinajstić information content (AvgIpc) is 2.55. The maximum Gasteiger partial charge on any atom is 0.340 e. The number of amides is 1. The third-order valence-electron chi connectivity index (χ3n) is 3.38. The first-order valence-electron chi connectivity index (χ1n) is 7.36. The Morgan fingerprint density at radius 2 is 1.78 bits per heavy atom. The molecule has 1 unspecified atom stereocenters. The summed E-state index contributed by atoms with van der Waals surface area (Å²) in [6, 6.07) is 14.1. The molecule has 1 atom stereocenters. The van der Waals surface area contributed by atoms with Gasteiger partial charge in [0.25, 0.3) is 5.91 Å². The first-order valence-corrected chi connectivity index (χ1v) is 7.74. The fourth-order valence-corrected chi connectivity index (χ4v) is 2.18. The van der Waals surface area contributed by atoms with Gasteiger partial charge in [-0.3, -0.25) is 4.79 Å². The van der Waals surface area contributed by atoms with E-state index >= 15 is 0 Å². The number of nitrogens with one attached hydrogen (secondary N) is 1. The van der Waals surface area contributed by atoms with E-state index < -0.39 is 18.0 Å². The van der Waals surface area contributed by atoms with Crippen molar-refractivity contribution in [3.63, 3.8) is 0 Å². The minimum atomic E-state index is -0.926. The van der Waals surface area contributed by atoms with Gasteiger partial charge < -0.3 is 10.1 Å². The molecule has 1 N–H and O–H groups in total. The van der Waals surface area contributed by atoms with E-state index in [2.05, 4.69) is 12.2 Å². The van der Waals surface area contributed by atoms with Gasteiger partial charge in [-0.2, -0.15) is 0 Å². The van der Waals surface area contributed by atoms with Crippen LogP contribution in [0.15, 0.2) is 48.5 Å². The second-order valence-corrected chi connectivity index (χ2v) is 5.47. The lowest BCUT2D eigenvalue weighted by atomic mass is 10.1. The van der Waals surface area contributed by atoms with Crippen LogP contribution in [-0.2, 0) is 16.0 Å². The summed E-state index contributed by atoms with van der Waals surface area (Å²) < 4.78 is 5.16. The van der Waals surface area contributed by atoms with Gasteiger partial charge >= 0.3 is 5.97 Å². The summed E-state index contributed by atoms with van der Waals surface area (Å²) in [7, 11) is 0. The number of carbonyl (C=O) groups excluding carboxylic acids is 2. The number of halogens is 1. The topological polar surface area (TPSA) is 55.4 Å². The van der Waals surface area contributed by atoms with Crippen molar-refractivity contribution in [1.29, 1.82) is 0 Å². The zero-order chi connectivity index (χ0) is 16.8. The molecule has 0 aliphatic rings. The van der Waals surface area contributed by atoms with E-state index in [-0.39, 0.29) is 5.56 Å². The highest BCUT2D eigenvalue weighted by atomic mass is 35.5. The molecule has 120 valence electrons. The van der Waals surface area contributed by atoms with Gasteiger partial charge in [0, 0.05) is 5.69 Å². The van der Waals surface area contributed by atoms with Gasteiger partial charge in [-0.25, -0.2) is 4.79 Å². The molecule has 0 radical (unpaired) electrons. The van der Waals surface area contributed by atoms with Crippen LogP contribution in [0, 0.1) is 0 Å². The number of aryl methyl sites for hydroxylation is 1. The number of anilines is 1. The number of hydrogen-bond donors (Lipinski definition) is 1. The lowest BCUT2D eigenvalue weighted by Crippen LogP contribution is -2.30. The minimum Gasteiger partial charge on any atom is -0.449 e. The van der Waals surface area contributed by atoms with Crippen molar-refractivity contribution in [3.05, 3.63) is 64.7 Å². The summed E-state index contributed by atoms with van der Waals surface area (Å²) in [6.07, 6.45) is 0.00436. The number of esters is 1. The predicted molar refractivity (Wildman–Crippen MR) is 90.8 cm³/mol. The molecule has 0 saturated carbocycles. The summed E-state index contributed by atoms with van der Waals surface area (Å²) >= 11 is 5.94. The Kier molecular flexibility index (Phi) is 5.77. The predicted octanol–water partition coefficient (Wildman–Crippen LogP) is 4.09. The van der Waals surface area contributed by atoms with Crippen LogP contribution in [0.2, 0.25) is 5.02 Å². The quantitative estimate of drug-likeness (QED) is 0.840. The molecule has 0 bridgehead atoms. The van der Waals surface area contributed by atoms with Crippen LogP contribution in [0.4, 0.5) is 5.69 Å². The summed E-state index contributed by atoms with van der Waals surface area (Å²) in [6.45, 7) is 3.58. The van der Waals surface area contributed by atoms with Gasteiger partial charge in [-0.05, 0) is 43.2 Å². The lowest BCUT2D eigenvalue weighted by Gasteiger charge is -2.14. The second-order valence-electron chi connectivity index (χ2n) is 5.07. The molecule has 0 aliphatic carbocycles. The maximum absolute atomic E-state index is 12.1. The van der Waals surface area contributed by atoms with E-state index in [1.807, 2.05) is 24.3 Å². The molecule has 0 heterocycles. The van der Waals surface area contributed by atoms with Gasteiger partial charge in [-0.1, -0.05) is 42.8 Å². The van der Waals surface area contributed by atoms with E-state index in [0.717, 1.165) is 6.42 Å². The number of carbonyl (C=O) groups is 2. The van der Waals surface area contributed by atoms with Crippen LogP contribution in [0.1, 0.15) is 29.8 Å². The average molecular weight is 332 g/mol.